The number of hydrogen-bond donors (Lipinski definition) is 0. The molecule has 0 saturated heterocycles. The Labute approximate surface area is 129 Å². The van der Waals surface area contributed by atoms with Crippen LogP contribution in [0, 0.1) is 0 Å². The quantitative estimate of drug-likeness (QED) is 0.679. The molecule has 0 amide bonds. The maximum atomic E-state index is 5.70. The highest BCUT2D eigenvalue weighted by Gasteiger charge is 2.06. The minimum atomic E-state index is 0.365. The van der Waals surface area contributed by atoms with E-state index >= 15 is 0 Å². The lowest BCUT2D eigenvalue weighted by Crippen LogP contribution is -1.96. The normalized spacial score (nSPS) is 10.4. The molecular formula is C18H17NO3. The van der Waals surface area contributed by atoms with E-state index in [0.29, 0.717) is 19.1 Å². The summed E-state index contributed by atoms with van der Waals surface area (Å²) in [5, 5.41) is 0. The van der Waals surface area contributed by atoms with Gasteiger partial charge in [-0.25, -0.2) is 4.98 Å². The van der Waals surface area contributed by atoms with Crippen molar-refractivity contribution in [3.8, 4) is 23.0 Å². The molecule has 3 aromatic rings. The van der Waals surface area contributed by atoms with Gasteiger partial charge in [0.05, 0.1) is 6.61 Å². The number of ether oxygens (including phenoxy) is 2. The third-order valence-corrected chi connectivity index (χ3v) is 3.09. The van der Waals surface area contributed by atoms with Gasteiger partial charge in [0.2, 0.25) is 5.89 Å². The highest BCUT2D eigenvalue weighted by Crippen LogP contribution is 2.21. The molecule has 2 aromatic carbocycles. The van der Waals surface area contributed by atoms with Gasteiger partial charge >= 0.3 is 0 Å². The van der Waals surface area contributed by atoms with Crippen LogP contribution in [0.25, 0.3) is 11.5 Å². The largest absolute Gasteiger partial charge is 0.494 e. The predicted octanol–water partition coefficient (Wildman–Crippen LogP) is 4.32. The summed E-state index contributed by atoms with van der Waals surface area (Å²) in [5.41, 5.74) is 1.71. The number of rotatable bonds is 6. The first-order chi connectivity index (χ1) is 10.8. The van der Waals surface area contributed by atoms with Gasteiger partial charge in [-0.05, 0) is 43.3 Å². The van der Waals surface area contributed by atoms with E-state index in [1.807, 2.05) is 61.5 Å². The van der Waals surface area contributed by atoms with E-state index in [-0.39, 0.29) is 0 Å². The lowest BCUT2D eigenvalue weighted by molar-refractivity contribution is 0.299. The maximum Gasteiger partial charge on any atom is 0.226 e. The number of oxazole rings is 1. The van der Waals surface area contributed by atoms with E-state index in [0.717, 1.165) is 22.8 Å². The van der Waals surface area contributed by atoms with E-state index in [9.17, 15) is 0 Å². The first kappa shape index (κ1) is 14.2. The van der Waals surface area contributed by atoms with Gasteiger partial charge in [0, 0.05) is 5.56 Å². The molecule has 0 atom stereocenters. The minimum Gasteiger partial charge on any atom is -0.494 e. The van der Waals surface area contributed by atoms with Crippen molar-refractivity contribution in [1.29, 1.82) is 0 Å². The number of benzene rings is 2. The van der Waals surface area contributed by atoms with E-state index in [1.165, 1.54) is 0 Å². The molecule has 3 rings (SSSR count). The molecule has 22 heavy (non-hydrogen) atoms. The minimum absolute atomic E-state index is 0.365. The molecule has 4 heteroatoms. The SMILES string of the molecule is CCOc1ccc(OCc2coc(-c3ccccc3)n2)cc1. The first-order valence-electron chi connectivity index (χ1n) is 7.20. The van der Waals surface area contributed by atoms with Crippen molar-refractivity contribution in [2.24, 2.45) is 0 Å². The highest BCUT2D eigenvalue weighted by molar-refractivity contribution is 5.52. The fraction of sp³-hybridized carbons (Fsp3) is 0.167. The van der Waals surface area contributed by atoms with Crippen LogP contribution < -0.4 is 9.47 Å². The molecule has 0 N–H and O–H groups in total. The molecule has 0 aliphatic rings. The number of nitrogens with zero attached hydrogens (tertiary/aromatic N) is 1. The topological polar surface area (TPSA) is 44.5 Å². The van der Waals surface area contributed by atoms with Gasteiger partial charge in [-0.15, -0.1) is 0 Å². The molecule has 0 spiro atoms. The number of hydrogen-bond acceptors (Lipinski definition) is 4. The molecule has 0 aliphatic heterocycles. The molecule has 1 aromatic heterocycles. The van der Waals surface area contributed by atoms with Gasteiger partial charge in [0.1, 0.15) is 30.1 Å². The van der Waals surface area contributed by atoms with E-state index < -0.39 is 0 Å². The van der Waals surface area contributed by atoms with Crippen LogP contribution in [-0.2, 0) is 6.61 Å². The van der Waals surface area contributed by atoms with E-state index in [2.05, 4.69) is 4.98 Å². The smallest absolute Gasteiger partial charge is 0.226 e. The number of aromatic nitrogens is 1. The Morgan fingerprint density at radius 3 is 2.27 bits per heavy atom. The zero-order valence-electron chi connectivity index (χ0n) is 12.4. The zero-order valence-corrected chi connectivity index (χ0v) is 12.4. The summed E-state index contributed by atoms with van der Waals surface area (Å²) in [6, 6.07) is 17.3. The van der Waals surface area contributed by atoms with Crippen LogP contribution in [0.2, 0.25) is 0 Å². The van der Waals surface area contributed by atoms with Gasteiger partial charge in [0.25, 0.3) is 0 Å². The van der Waals surface area contributed by atoms with Crippen LogP contribution >= 0.6 is 0 Å². The van der Waals surface area contributed by atoms with Crippen LogP contribution in [-0.4, -0.2) is 11.6 Å². The summed E-state index contributed by atoms with van der Waals surface area (Å²) < 4.78 is 16.6. The Morgan fingerprint density at radius 1 is 0.909 bits per heavy atom. The third kappa shape index (κ3) is 3.47. The van der Waals surface area contributed by atoms with Crippen molar-refractivity contribution in [3.05, 3.63) is 66.6 Å². The summed E-state index contributed by atoms with van der Waals surface area (Å²) in [4.78, 5) is 4.43. The monoisotopic (exact) mass is 295 g/mol. The van der Waals surface area contributed by atoms with Gasteiger partial charge < -0.3 is 13.9 Å². The molecule has 0 bridgehead atoms. The Morgan fingerprint density at radius 2 is 1.59 bits per heavy atom. The average Bonchev–Trinajstić information content (AvgIpc) is 3.04. The van der Waals surface area contributed by atoms with Crippen molar-refractivity contribution < 1.29 is 13.9 Å². The van der Waals surface area contributed by atoms with Gasteiger partial charge in [-0.2, -0.15) is 0 Å². The summed E-state index contributed by atoms with van der Waals surface area (Å²) in [7, 11) is 0. The molecule has 0 unspecified atom stereocenters. The molecule has 1 heterocycles. The van der Waals surface area contributed by atoms with Crippen LogP contribution in [0.15, 0.2) is 65.3 Å². The predicted molar refractivity (Wildman–Crippen MR) is 83.9 cm³/mol. The van der Waals surface area contributed by atoms with Gasteiger partial charge in [0.15, 0.2) is 0 Å². The van der Waals surface area contributed by atoms with Crippen molar-refractivity contribution in [3.63, 3.8) is 0 Å². The van der Waals surface area contributed by atoms with Crippen molar-refractivity contribution in [2.45, 2.75) is 13.5 Å². The Bertz CT molecular complexity index is 705. The van der Waals surface area contributed by atoms with Crippen LogP contribution in [0.3, 0.4) is 0 Å². The van der Waals surface area contributed by atoms with Crippen LogP contribution in [0.5, 0.6) is 11.5 Å². The average molecular weight is 295 g/mol. The summed E-state index contributed by atoms with van der Waals surface area (Å²) in [6.07, 6.45) is 1.62. The Balaban J connectivity index is 1.61. The second-order valence-electron chi connectivity index (χ2n) is 4.70. The maximum absolute atomic E-state index is 5.70. The van der Waals surface area contributed by atoms with Crippen molar-refractivity contribution >= 4 is 0 Å². The molecule has 0 fully saturated rings. The fourth-order valence-corrected chi connectivity index (χ4v) is 2.04. The molecular weight excluding hydrogens is 278 g/mol. The standard InChI is InChI=1S/C18H17NO3/c1-2-20-16-8-10-17(11-9-16)21-12-15-13-22-18(19-15)14-6-4-3-5-7-14/h3-11,13H,2,12H2,1H3. The fourth-order valence-electron chi connectivity index (χ4n) is 2.04. The Kier molecular flexibility index (Phi) is 4.39. The summed E-state index contributed by atoms with van der Waals surface area (Å²) in [5.74, 6) is 2.21. The molecule has 112 valence electrons. The van der Waals surface area contributed by atoms with Crippen LogP contribution in [0.4, 0.5) is 0 Å². The first-order valence-corrected chi connectivity index (χ1v) is 7.20. The van der Waals surface area contributed by atoms with Crippen molar-refractivity contribution in [2.75, 3.05) is 6.61 Å². The lowest BCUT2D eigenvalue weighted by Gasteiger charge is -2.06. The third-order valence-electron chi connectivity index (χ3n) is 3.09. The highest BCUT2D eigenvalue weighted by atomic mass is 16.5. The van der Waals surface area contributed by atoms with E-state index in [1.54, 1.807) is 6.26 Å². The molecule has 0 saturated carbocycles. The molecule has 0 radical (unpaired) electrons. The molecule has 4 nitrogen and oxygen atoms in total. The van der Waals surface area contributed by atoms with Crippen LogP contribution in [0.1, 0.15) is 12.6 Å². The second kappa shape index (κ2) is 6.80. The van der Waals surface area contributed by atoms with Gasteiger partial charge in [-0.3, -0.25) is 0 Å². The lowest BCUT2D eigenvalue weighted by atomic mass is 10.2. The van der Waals surface area contributed by atoms with Crippen molar-refractivity contribution in [1.82, 2.24) is 4.98 Å². The summed E-state index contributed by atoms with van der Waals surface area (Å²) >= 11 is 0. The second-order valence-corrected chi connectivity index (χ2v) is 4.70. The van der Waals surface area contributed by atoms with E-state index in [4.69, 9.17) is 13.9 Å². The summed E-state index contributed by atoms with van der Waals surface area (Å²) in [6.45, 7) is 2.98. The zero-order chi connectivity index (χ0) is 15.2. The van der Waals surface area contributed by atoms with Gasteiger partial charge in [-0.1, -0.05) is 18.2 Å². The Hall–Kier alpha value is -2.75. The molecule has 0 aliphatic carbocycles.